The molecule has 0 aliphatic rings. The topological polar surface area (TPSA) is 17.1 Å². The van der Waals surface area contributed by atoms with E-state index in [0.29, 0.717) is 6.42 Å². The van der Waals surface area contributed by atoms with Gasteiger partial charge in [0.15, 0.2) is 5.78 Å². The van der Waals surface area contributed by atoms with Gasteiger partial charge in [0.1, 0.15) is 0 Å². The Balaban J connectivity index is 4.98. The van der Waals surface area contributed by atoms with Crippen molar-refractivity contribution >= 4 is 5.78 Å². The molecule has 0 N–H and O–H groups in total. The van der Waals surface area contributed by atoms with Crippen LogP contribution in [0.15, 0.2) is 35.5 Å². The van der Waals surface area contributed by atoms with Crippen LogP contribution >= 0.6 is 0 Å². The van der Waals surface area contributed by atoms with E-state index in [4.69, 9.17) is 0 Å². The van der Waals surface area contributed by atoms with E-state index in [1.54, 1.807) is 0 Å². The van der Waals surface area contributed by atoms with Crippen molar-refractivity contribution in [3.63, 3.8) is 0 Å². The molecule has 0 radical (unpaired) electrons. The molecule has 0 aliphatic carbocycles. The third-order valence-corrected chi connectivity index (χ3v) is 2.42. The molecule has 0 atom stereocenters. The molecular formula is C14H22O. The van der Waals surface area contributed by atoms with Crippen LogP contribution in [-0.4, -0.2) is 5.78 Å². The molecule has 0 saturated heterocycles. The maximum Gasteiger partial charge on any atom is 0.162 e. The van der Waals surface area contributed by atoms with E-state index in [9.17, 15) is 4.79 Å². The Bertz CT molecular complexity index is 292. The zero-order chi connectivity index (χ0) is 11.8. The lowest BCUT2D eigenvalue weighted by Crippen LogP contribution is -1.99. The fraction of sp³-hybridized carbons (Fsp3) is 0.500. The van der Waals surface area contributed by atoms with Crippen LogP contribution in [0, 0.1) is 0 Å². The Hall–Kier alpha value is -1.11. The Morgan fingerprint density at radius 1 is 1.07 bits per heavy atom. The maximum atomic E-state index is 11.7. The van der Waals surface area contributed by atoms with Gasteiger partial charge in [0, 0.05) is 12.0 Å². The lowest BCUT2D eigenvalue weighted by Gasteiger charge is -2.03. The van der Waals surface area contributed by atoms with Crippen LogP contribution in [0.3, 0.4) is 0 Å². The van der Waals surface area contributed by atoms with Crippen LogP contribution in [-0.2, 0) is 4.79 Å². The number of rotatable bonds is 6. The van der Waals surface area contributed by atoms with Crippen molar-refractivity contribution < 1.29 is 4.79 Å². The molecular weight excluding hydrogens is 184 g/mol. The van der Waals surface area contributed by atoms with Gasteiger partial charge in [-0.25, -0.2) is 0 Å². The first kappa shape index (κ1) is 13.9. The standard InChI is InChI=1S/C14H22O/c1-6-11(4)9-13(14(15)8-3)10-12(5)7-2/h9-10H,4,6-8H2,1-3,5H3/b12-10+,13-9+. The van der Waals surface area contributed by atoms with Crippen molar-refractivity contribution in [1.82, 2.24) is 0 Å². The third kappa shape index (κ3) is 5.36. The van der Waals surface area contributed by atoms with Crippen molar-refractivity contribution in [1.29, 1.82) is 0 Å². The minimum Gasteiger partial charge on any atom is -0.294 e. The van der Waals surface area contributed by atoms with Crippen molar-refractivity contribution in [2.24, 2.45) is 0 Å². The van der Waals surface area contributed by atoms with Crippen molar-refractivity contribution in [2.75, 3.05) is 0 Å². The summed E-state index contributed by atoms with van der Waals surface area (Å²) in [5, 5.41) is 0. The van der Waals surface area contributed by atoms with E-state index in [1.807, 2.05) is 32.9 Å². The summed E-state index contributed by atoms with van der Waals surface area (Å²) in [6, 6.07) is 0. The highest BCUT2D eigenvalue weighted by Gasteiger charge is 2.04. The lowest BCUT2D eigenvalue weighted by molar-refractivity contribution is -0.115. The molecule has 0 saturated carbocycles. The van der Waals surface area contributed by atoms with E-state index in [1.165, 1.54) is 5.57 Å². The maximum absolute atomic E-state index is 11.7. The van der Waals surface area contributed by atoms with Crippen LogP contribution in [0.1, 0.15) is 47.0 Å². The number of carbonyl (C=O) groups excluding carboxylic acids is 1. The minimum atomic E-state index is 0.192. The molecule has 0 aromatic carbocycles. The largest absolute Gasteiger partial charge is 0.294 e. The normalized spacial score (nSPS) is 12.8. The van der Waals surface area contributed by atoms with Crippen LogP contribution in [0.25, 0.3) is 0 Å². The first-order valence-corrected chi connectivity index (χ1v) is 5.64. The molecule has 0 heterocycles. The summed E-state index contributed by atoms with van der Waals surface area (Å²) in [7, 11) is 0. The number of Topliss-reactive ketones (excluding diaryl/α,β-unsaturated/α-hetero) is 1. The fourth-order valence-electron chi connectivity index (χ4n) is 1.10. The highest BCUT2D eigenvalue weighted by molar-refractivity contribution is 5.98. The second-order valence-corrected chi connectivity index (χ2v) is 3.73. The SMILES string of the molecule is C=C(/C=C(\C=C(/C)CC)C(=O)CC)CC. The zero-order valence-corrected chi connectivity index (χ0v) is 10.4. The fourth-order valence-corrected chi connectivity index (χ4v) is 1.10. The Labute approximate surface area is 93.6 Å². The minimum absolute atomic E-state index is 0.192. The molecule has 0 spiro atoms. The van der Waals surface area contributed by atoms with Gasteiger partial charge < -0.3 is 0 Å². The highest BCUT2D eigenvalue weighted by Crippen LogP contribution is 2.12. The monoisotopic (exact) mass is 206 g/mol. The van der Waals surface area contributed by atoms with Crippen molar-refractivity contribution in [2.45, 2.75) is 47.0 Å². The van der Waals surface area contributed by atoms with Gasteiger partial charge in [-0.05, 0) is 25.8 Å². The summed E-state index contributed by atoms with van der Waals surface area (Å²) in [6.45, 7) is 12.0. The molecule has 15 heavy (non-hydrogen) atoms. The van der Waals surface area contributed by atoms with Crippen LogP contribution in [0.4, 0.5) is 0 Å². The average molecular weight is 206 g/mol. The van der Waals surface area contributed by atoms with E-state index < -0.39 is 0 Å². The van der Waals surface area contributed by atoms with Gasteiger partial charge in [-0.15, -0.1) is 0 Å². The van der Waals surface area contributed by atoms with Crippen LogP contribution in [0.2, 0.25) is 0 Å². The molecule has 0 fully saturated rings. The number of ketones is 1. The smallest absolute Gasteiger partial charge is 0.162 e. The molecule has 0 bridgehead atoms. The predicted octanol–water partition coefficient (Wildman–Crippen LogP) is 4.21. The molecule has 0 aromatic rings. The van der Waals surface area contributed by atoms with Gasteiger partial charge >= 0.3 is 0 Å². The second-order valence-electron chi connectivity index (χ2n) is 3.73. The molecule has 84 valence electrons. The van der Waals surface area contributed by atoms with E-state index >= 15 is 0 Å². The molecule has 0 amide bonds. The summed E-state index contributed by atoms with van der Waals surface area (Å²) < 4.78 is 0. The van der Waals surface area contributed by atoms with Crippen LogP contribution in [0.5, 0.6) is 0 Å². The second kappa shape index (κ2) is 7.22. The van der Waals surface area contributed by atoms with Gasteiger partial charge in [-0.1, -0.05) is 44.6 Å². The summed E-state index contributed by atoms with van der Waals surface area (Å²) in [5.41, 5.74) is 3.03. The molecule has 0 aliphatic heterocycles. The Morgan fingerprint density at radius 3 is 2.07 bits per heavy atom. The van der Waals surface area contributed by atoms with Gasteiger partial charge in [0.2, 0.25) is 0 Å². The summed E-state index contributed by atoms with van der Waals surface area (Å²) in [4.78, 5) is 11.7. The number of allylic oxidation sites excluding steroid dienone is 5. The van der Waals surface area contributed by atoms with Crippen LogP contribution < -0.4 is 0 Å². The average Bonchev–Trinajstić information content (AvgIpc) is 2.26. The Kier molecular flexibility index (Phi) is 6.68. The third-order valence-electron chi connectivity index (χ3n) is 2.42. The molecule has 1 nitrogen and oxygen atoms in total. The molecule has 0 aromatic heterocycles. The number of carbonyl (C=O) groups is 1. The van der Waals surface area contributed by atoms with Crippen molar-refractivity contribution in [3.8, 4) is 0 Å². The lowest BCUT2D eigenvalue weighted by atomic mass is 10.0. The summed E-state index contributed by atoms with van der Waals surface area (Å²) >= 11 is 0. The summed E-state index contributed by atoms with van der Waals surface area (Å²) in [6.07, 6.45) is 6.31. The van der Waals surface area contributed by atoms with Gasteiger partial charge in [0.25, 0.3) is 0 Å². The van der Waals surface area contributed by atoms with Gasteiger partial charge in [-0.3, -0.25) is 4.79 Å². The number of hydrogen-bond donors (Lipinski definition) is 0. The van der Waals surface area contributed by atoms with E-state index in [0.717, 1.165) is 24.0 Å². The summed E-state index contributed by atoms with van der Waals surface area (Å²) in [5.74, 6) is 0.192. The first-order chi connectivity index (χ1) is 7.04. The quantitative estimate of drug-likeness (QED) is 0.470. The van der Waals surface area contributed by atoms with Gasteiger partial charge in [0.05, 0.1) is 0 Å². The van der Waals surface area contributed by atoms with Crippen molar-refractivity contribution in [3.05, 3.63) is 35.5 Å². The van der Waals surface area contributed by atoms with E-state index in [2.05, 4.69) is 13.5 Å². The van der Waals surface area contributed by atoms with Gasteiger partial charge in [-0.2, -0.15) is 0 Å². The number of hydrogen-bond acceptors (Lipinski definition) is 1. The predicted molar refractivity (Wildman–Crippen MR) is 66.9 cm³/mol. The van der Waals surface area contributed by atoms with E-state index in [-0.39, 0.29) is 5.78 Å². The Morgan fingerprint density at radius 2 is 1.67 bits per heavy atom. The molecule has 0 rings (SSSR count). The first-order valence-electron chi connectivity index (χ1n) is 5.64. The zero-order valence-electron chi connectivity index (χ0n) is 10.4. The highest BCUT2D eigenvalue weighted by atomic mass is 16.1. The molecule has 0 unspecified atom stereocenters. The molecule has 1 heteroatoms.